The summed E-state index contributed by atoms with van der Waals surface area (Å²) in [4.78, 5) is 30.3. The van der Waals surface area contributed by atoms with Crippen molar-refractivity contribution in [3.8, 4) is 0 Å². The molecule has 2 aliphatic heterocycles. The summed E-state index contributed by atoms with van der Waals surface area (Å²) in [5.41, 5.74) is 0. The molecule has 2 aliphatic rings. The van der Waals surface area contributed by atoms with Gasteiger partial charge in [0.25, 0.3) is 0 Å². The average Bonchev–Trinajstić information content (AvgIpc) is 3.21. The van der Waals surface area contributed by atoms with E-state index in [4.69, 9.17) is 4.74 Å². The molecule has 150 valence electrons. The number of likely N-dealkylation sites (tertiary alicyclic amines) is 2. The van der Waals surface area contributed by atoms with Gasteiger partial charge in [-0.05, 0) is 37.4 Å². The fourth-order valence-corrected chi connectivity index (χ4v) is 3.94. The van der Waals surface area contributed by atoms with Gasteiger partial charge >= 0.3 is 0 Å². The van der Waals surface area contributed by atoms with E-state index in [0.717, 1.165) is 51.9 Å². The minimum absolute atomic E-state index is 0.0282. The highest BCUT2D eigenvalue weighted by Crippen LogP contribution is 2.24. The number of hydrogen-bond acceptors (Lipinski definition) is 7. The fourth-order valence-electron chi connectivity index (χ4n) is 3.94. The summed E-state index contributed by atoms with van der Waals surface area (Å²) in [7, 11) is 1.63. The van der Waals surface area contributed by atoms with E-state index in [2.05, 4.69) is 25.6 Å². The highest BCUT2D eigenvalue weighted by molar-refractivity contribution is 5.79. The van der Waals surface area contributed by atoms with Gasteiger partial charge in [-0.2, -0.15) is 4.80 Å². The van der Waals surface area contributed by atoms with Crippen molar-refractivity contribution in [3.63, 3.8) is 0 Å². The second-order valence-corrected chi connectivity index (χ2v) is 7.20. The molecule has 10 heteroatoms. The molecule has 10 nitrogen and oxygen atoms in total. The van der Waals surface area contributed by atoms with E-state index in [1.807, 2.05) is 4.90 Å². The summed E-state index contributed by atoms with van der Waals surface area (Å²) in [6.45, 7) is 4.55. The molecule has 3 heterocycles. The van der Waals surface area contributed by atoms with Crippen molar-refractivity contribution in [1.82, 2.24) is 35.3 Å². The maximum absolute atomic E-state index is 12.3. The lowest BCUT2D eigenvalue weighted by molar-refractivity contribution is -0.134. The van der Waals surface area contributed by atoms with Gasteiger partial charge in [0.05, 0.1) is 12.5 Å². The van der Waals surface area contributed by atoms with Crippen LogP contribution >= 0.6 is 0 Å². The third-order valence-electron chi connectivity index (χ3n) is 5.43. The van der Waals surface area contributed by atoms with Crippen LogP contribution in [0, 0.1) is 5.92 Å². The number of nitrogens with zero attached hydrogens (tertiary/aromatic N) is 6. The summed E-state index contributed by atoms with van der Waals surface area (Å²) in [5.74, 6) is 0.207. The number of amides is 2. The molecule has 1 aromatic rings. The Morgan fingerprint density at radius 3 is 2.74 bits per heavy atom. The van der Waals surface area contributed by atoms with Gasteiger partial charge in [-0.1, -0.05) is 0 Å². The van der Waals surface area contributed by atoms with Gasteiger partial charge in [0.2, 0.25) is 11.8 Å². The molecule has 0 saturated carbocycles. The lowest BCUT2D eigenvalue weighted by atomic mass is 9.93. The first-order valence-electron chi connectivity index (χ1n) is 9.66. The van der Waals surface area contributed by atoms with Gasteiger partial charge in [-0.3, -0.25) is 14.5 Å². The van der Waals surface area contributed by atoms with Gasteiger partial charge in [-0.15, -0.1) is 10.2 Å². The van der Waals surface area contributed by atoms with Crippen LogP contribution in [-0.4, -0.2) is 94.3 Å². The fraction of sp³-hybridized carbons (Fsp3) is 0.824. The Morgan fingerprint density at radius 1 is 1.22 bits per heavy atom. The highest BCUT2D eigenvalue weighted by atomic mass is 16.5. The molecule has 3 rings (SSSR count). The van der Waals surface area contributed by atoms with Crippen LogP contribution in [0.1, 0.15) is 25.7 Å². The summed E-state index contributed by atoms with van der Waals surface area (Å²) >= 11 is 0. The summed E-state index contributed by atoms with van der Waals surface area (Å²) in [6.07, 6.45) is 5.19. The van der Waals surface area contributed by atoms with E-state index in [1.54, 1.807) is 7.11 Å². The van der Waals surface area contributed by atoms with Crippen molar-refractivity contribution in [2.24, 2.45) is 5.92 Å². The minimum atomic E-state index is 0.0282. The molecule has 0 aliphatic carbocycles. The van der Waals surface area contributed by atoms with Gasteiger partial charge in [0.1, 0.15) is 6.54 Å². The third-order valence-corrected chi connectivity index (χ3v) is 5.43. The predicted octanol–water partition coefficient (Wildman–Crippen LogP) is -0.861. The van der Waals surface area contributed by atoms with Crippen molar-refractivity contribution in [2.45, 2.75) is 38.3 Å². The van der Waals surface area contributed by atoms with E-state index in [-0.39, 0.29) is 24.3 Å². The standard InChI is InChI=1S/C17H29N7O3/c1-27-10-6-18-17(26)14-3-2-7-23(11-14)15-4-8-22(9-5-15)16(25)12-24-20-13-19-21-24/h13-15H,2-12H2,1H3,(H,18,26). The minimum Gasteiger partial charge on any atom is -0.383 e. The van der Waals surface area contributed by atoms with E-state index in [9.17, 15) is 9.59 Å². The van der Waals surface area contributed by atoms with Gasteiger partial charge in [0, 0.05) is 39.3 Å². The van der Waals surface area contributed by atoms with Crippen molar-refractivity contribution in [3.05, 3.63) is 6.33 Å². The van der Waals surface area contributed by atoms with Gasteiger partial charge < -0.3 is 15.0 Å². The van der Waals surface area contributed by atoms with Crippen LogP contribution in [0.4, 0.5) is 0 Å². The van der Waals surface area contributed by atoms with Crippen LogP contribution in [0.25, 0.3) is 0 Å². The smallest absolute Gasteiger partial charge is 0.246 e. The second kappa shape index (κ2) is 9.75. The number of nitrogens with one attached hydrogen (secondary N) is 1. The van der Waals surface area contributed by atoms with E-state index < -0.39 is 0 Å². The van der Waals surface area contributed by atoms with Crippen LogP contribution in [-0.2, 0) is 20.9 Å². The Kier molecular flexibility index (Phi) is 7.11. The number of tetrazole rings is 1. The quantitative estimate of drug-likeness (QED) is 0.615. The Balaban J connectivity index is 1.43. The topological polar surface area (TPSA) is 105 Å². The number of ether oxygens (including phenoxy) is 1. The summed E-state index contributed by atoms with van der Waals surface area (Å²) < 4.78 is 4.99. The van der Waals surface area contributed by atoms with Crippen LogP contribution in [0.2, 0.25) is 0 Å². The number of hydrogen-bond donors (Lipinski definition) is 1. The predicted molar refractivity (Wildman–Crippen MR) is 96.6 cm³/mol. The Hall–Kier alpha value is -2.07. The number of carbonyl (C=O) groups is 2. The lowest BCUT2D eigenvalue weighted by Gasteiger charge is -2.42. The van der Waals surface area contributed by atoms with Crippen molar-refractivity contribution >= 4 is 11.8 Å². The molecule has 27 heavy (non-hydrogen) atoms. The van der Waals surface area contributed by atoms with Crippen molar-refractivity contribution in [1.29, 1.82) is 0 Å². The molecule has 1 atom stereocenters. The first kappa shape index (κ1) is 19.7. The zero-order valence-corrected chi connectivity index (χ0v) is 15.9. The maximum Gasteiger partial charge on any atom is 0.246 e. The molecular weight excluding hydrogens is 350 g/mol. The third kappa shape index (κ3) is 5.46. The summed E-state index contributed by atoms with van der Waals surface area (Å²) in [5, 5.41) is 14.2. The molecule has 1 unspecified atom stereocenters. The molecule has 2 amide bonds. The maximum atomic E-state index is 12.3. The van der Waals surface area contributed by atoms with E-state index in [0.29, 0.717) is 19.2 Å². The number of rotatable bonds is 7. The van der Waals surface area contributed by atoms with E-state index >= 15 is 0 Å². The Bertz CT molecular complexity index is 602. The van der Waals surface area contributed by atoms with Gasteiger partial charge in [-0.25, -0.2) is 0 Å². The average molecular weight is 379 g/mol. The Labute approximate surface area is 159 Å². The normalized spacial score (nSPS) is 22.0. The molecule has 1 N–H and O–H groups in total. The molecule has 2 fully saturated rings. The van der Waals surface area contributed by atoms with E-state index in [1.165, 1.54) is 11.1 Å². The van der Waals surface area contributed by atoms with Crippen LogP contribution in [0.5, 0.6) is 0 Å². The van der Waals surface area contributed by atoms with Crippen LogP contribution in [0.3, 0.4) is 0 Å². The molecule has 1 aromatic heterocycles. The van der Waals surface area contributed by atoms with Crippen LogP contribution < -0.4 is 5.32 Å². The molecule has 0 bridgehead atoms. The zero-order chi connectivity index (χ0) is 19.1. The number of piperidine rings is 2. The number of methoxy groups -OCH3 is 1. The van der Waals surface area contributed by atoms with Crippen LogP contribution in [0.15, 0.2) is 6.33 Å². The monoisotopic (exact) mass is 379 g/mol. The van der Waals surface area contributed by atoms with Gasteiger partial charge in [0.15, 0.2) is 6.33 Å². The first-order valence-corrected chi connectivity index (χ1v) is 9.66. The lowest BCUT2D eigenvalue weighted by Crippen LogP contribution is -2.52. The SMILES string of the molecule is COCCNC(=O)C1CCCN(C2CCN(C(=O)Cn3ncnn3)CC2)C1. The second-order valence-electron chi connectivity index (χ2n) is 7.20. The number of carbonyl (C=O) groups excluding carboxylic acids is 2. The molecule has 0 aromatic carbocycles. The largest absolute Gasteiger partial charge is 0.383 e. The van der Waals surface area contributed by atoms with Crippen molar-refractivity contribution in [2.75, 3.05) is 46.4 Å². The molecule has 2 saturated heterocycles. The molecular formula is C17H29N7O3. The Morgan fingerprint density at radius 2 is 2.04 bits per heavy atom. The highest BCUT2D eigenvalue weighted by Gasteiger charge is 2.32. The number of aromatic nitrogens is 4. The molecule has 0 spiro atoms. The summed E-state index contributed by atoms with van der Waals surface area (Å²) in [6, 6.07) is 0.438. The van der Waals surface area contributed by atoms with Crippen molar-refractivity contribution < 1.29 is 14.3 Å². The first-order chi connectivity index (χ1) is 13.2. The zero-order valence-electron chi connectivity index (χ0n) is 15.9. The molecule has 0 radical (unpaired) electrons.